The SMILES string of the molecule is CCCNCC(C)(CC)Oc1c(OC)cccc1OC. The summed E-state index contributed by atoms with van der Waals surface area (Å²) in [6, 6.07) is 5.66. The number of hydrogen-bond donors (Lipinski definition) is 1. The smallest absolute Gasteiger partial charge is 0.204 e. The van der Waals surface area contributed by atoms with E-state index < -0.39 is 0 Å². The van der Waals surface area contributed by atoms with Crippen LogP contribution in [0.2, 0.25) is 0 Å². The van der Waals surface area contributed by atoms with Gasteiger partial charge in [-0.2, -0.15) is 0 Å². The maximum Gasteiger partial charge on any atom is 0.204 e. The highest BCUT2D eigenvalue weighted by Crippen LogP contribution is 2.39. The fourth-order valence-electron chi connectivity index (χ4n) is 1.93. The van der Waals surface area contributed by atoms with Crippen LogP contribution in [0.4, 0.5) is 0 Å². The number of methoxy groups -OCH3 is 2. The van der Waals surface area contributed by atoms with Crippen LogP contribution in [0.3, 0.4) is 0 Å². The summed E-state index contributed by atoms with van der Waals surface area (Å²) in [5.41, 5.74) is -0.295. The molecule has 0 spiro atoms. The van der Waals surface area contributed by atoms with E-state index in [9.17, 15) is 0 Å². The summed E-state index contributed by atoms with van der Waals surface area (Å²) in [6.07, 6.45) is 2.00. The predicted octanol–water partition coefficient (Wildman–Crippen LogP) is 3.25. The van der Waals surface area contributed by atoms with Gasteiger partial charge in [0, 0.05) is 6.54 Å². The second-order valence-electron chi connectivity index (χ2n) is 5.07. The van der Waals surface area contributed by atoms with Crippen molar-refractivity contribution in [3.63, 3.8) is 0 Å². The lowest BCUT2D eigenvalue weighted by atomic mass is 10.0. The minimum Gasteiger partial charge on any atom is -0.493 e. The molecule has 1 rings (SSSR count). The van der Waals surface area contributed by atoms with Crippen LogP contribution in [0.5, 0.6) is 17.2 Å². The third-order valence-electron chi connectivity index (χ3n) is 3.40. The van der Waals surface area contributed by atoms with Crippen molar-refractivity contribution >= 4 is 0 Å². The Labute approximate surface area is 122 Å². The number of para-hydroxylation sites is 1. The van der Waals surface area contributed by atoms with Crippen LogP contribution in [0.15, 0.2) is 18.2 Å². The lowest BCUT2D eigenvalue weighted by molar-refractivity contribution is 0.0764. The lowest BCUT2D eigenvalue weighted by Gasteiger charge is -2.31. The van der Waals surface area contributed by atoms with Crippen molar-refractivity contribution in [1.29, 1.82) is 0 Å². The standard InChI is InChI=1S/C16H27NO3/c1-6-11-17-12-16(3,7-2)20-15-13(18-4)9-8-10-14(15)19-5/h8-10,17H,6-7,11-12H2,1-5H3. The summed E-state index contributed by atoms with van der Waals surface area (Å²) in [4.78, 5) is 0. The van der Waals surface area contributed by atoms with Gasteiger partial charge < -0.3 is 19.5 Å². The summed E-state index contributed by atoms with van der Waals surface area (Å²) in [7, 11) is 3.28. The van der Waals surface area contributed by atoms with E-state index in [1.807, 2.05) is 18.2 Å². The van der Waals surface area contributed by atoms with Crippen molar-refractivity contribution in [3.8, 4) is 17.2 Å². The van der Waals surface area contributed by atoms with Crippen LogP contribution in [0, 0.1) is 0 Å². The molecule has 1 aromatic carbocycles. The van der Waals surface area contributed by atoms with Crippen molar-refractivity contribution in [2.45, 2.75) is 39.2 Å². The normalized spacial score (nSPS) is 13.7. The summed E-state index contributed by atoms with van der Waals surface area (Å²) in [6.45, 7) is 8.15. The Morgan fingerprint density at radius 3 is 2.15 bits per heavy atom. The molecule has 0 radical (unpaired) electrons. The van der Waals surface area contributed by atoms with E-state index in [0.29, 0.717) is 17.2 Å². The van der Waals surface area contributed by atoms with Crippen LogP contribution >= 0.6 is 0 Å². The van der Waals surface area contributed by atoms with Crippen LogP contribution in [0.1, 0.15) is 33.6 Å². The highest BCUT2D eigenvalue weighted by atomic mass is 16.5. The van der Waals surface area contributed by atoms with E-state index in [2.05, 4.69) is 26.1 Å². The van der Waals surface area contributed by atoms with Gasteiger partial charge >= 0.3 is 0 Å². The molecule has 114 valence electrons. The Morgan fingerprint density at radius 2 is 1.70 bits per heavy atom. The zero-order valence-corrected chi connectivity index (χ0v) is 13.3. The molecule has 4 nitrogen and oxygen atoms in total. The summed E-state index contributed by atoms with van der Waals surface area (Å²) in [5.74, 6) is 2.05. The van der Waals surface area contributed by atoms with Gasteiger partial charge in [-0.1, -0.05) is 19.9 Å². The summed E-state index contributed by atoms with van der Waals surface area (Å²) in [5, 5.41) is 3.42. The monoisotopic (exact) mass is 281 g/mol. The van der Waals surface area contributed by atoms with Gasteiger partial charge in [-0.25, -0.2) is 0 Å². The van der Waals surface area contributed by atoms with Crippen molar-refractivity contribution in [2.75, 3.05) is 27.3 Å². The number of nitrogens with one attached hydrogen (secondary N) is 1. The first kappa shape index (κ1) is 16.6. The number of rotatable bonds is 9. The molecule has 20 heavy (non-hydrogen) atoms. The van der Waals surface area contributed by atoms with Crippen molar-refractivity contribution in [1.82, 2.24) is 5.32 Å². The van der Waals surface area contributed by atoms with E-state index in [0.717, 1.165) is 25.9 Å². The first-order valence-electron chi connectivity index (χ1n) is 7.21. The minimum atomic E-state index is -0.295. The molecule has 0 aliphatic carbocycles. The molecule has 0 bridgehead atoms. The van der Waals surface area contributed by atoms with E-state index in [4.69, 9.17) is 14.2 Å². The zero-order valence-electron chi connectivity index (χ0n) is 13.3. The predicted molar refractivity (Wildman–Crippen MR) is 82.0 cm³/mol. The molecule has 1 aromatic rings. The second kappa shape index (κ2) is 8.00. The number of benzene rings is 1. The average Bonchev–Trinajstić information content (AvgIpc) is 2.47. The van der Waals surface area contributed by atoms with Gasteiger partial charge in [-0.05, 0) is 38.4 Å². The Bertz CT molecular complexity index is 386. The lowest BCUT2D eigenvalue weighted by Crippen LogP contribution is -2.43. The van der Waals surface area contributed by atoms with Gasteiger partial charge in [0.05, 0.1) is 14.2 Å². The number of ether oxygens (including phenoxy) is 3. The first-order chi connectivity index (χ1) is 9.60. The Hall–Kier alpha value is -1.42. The van der Waals surface area contributed by atoms with E-state index in [1.54, 1.807) is 14.2 Å². The number of hydrogen-bond acceptors (Lipinski definition) is 4. The molecule has 0 aromatic heterocycles. The molecule has 0 aliphatic rings. The molecule has 1 atom stereocenters. The fourth-order valence-corrected chi connectivity index (χ4v) is 1.93. The highest BCUT2D eigenvalue weighted by molar-refractivity contribution is 5.51. The van der Waals surface area contributed by atoms with E-state index in [-0.39, 0.29) is 5.60 Å². The third-order valence-corrected chi connectivity index (χ3v) is 3.40. The Kier molecular flexibility index (Phi) is 6.65. The van der Waals surface area contributed by atoms with Crippen LogP contribution in [-0.4, -0.2) is 32.9 Å². The third kappa shape index (κ3) is 4.30. The molecule has 1 N–H and O–H groups in total. The summed E-state index contributed by atoms with van der Waals surface area (Å²) < 4.78 is 17.0. The Morgan fingerprint density at radius 1 is 1.10 bits per heavy atom. The van der Waals surface area contributed by atoms with Gasteiger partial charge in [0.25, 0.3) is 0 Å². The topological polar surface area (TPSA) is 39.7 Å². The maximum absolute atomic E-state index is 6.23. The minimum absolute atomic E-state index is 0.295. The molecule has 4 heteroatoms. The quantitative estimate of drug-likeness (QED) is 0.705. The molecule has 0 amide bonds. The molecule has 0 saturated carbocycles. The molecule has 1 unspecified atom stereocenters. The van der Waals surface area contributed by atoms with Crippen LogP contribution in [0.25, 0.3) is 0 Å². The first-order valence-corrected chi connectivity index (χ1v) is 7.21. The molecule has 0 heterocycles. The second-order valence-corrected chi connectivity index (χ2v) is 5.07. The molecular formula is C16H27NO3. The van der Waals surface area contributed by atoms with Crippen LogP contribution < -0.4 is 19.5 Å². The van der Waals surface area contributed by atoms with Gasteiger partial charge in [-0.3, -0.25) is 0 Å². The highest BCUT2D eigenvalue weighted by Gasteiger charge is 2.27. The zero-order chi connectivity index (χ0) is 15.0. The van der Waals surface area contributed by atoms with E-state index >= 15 is 0 Å². The Balaban J connectivity index is 2.93. The van der Waals surface area contributed by atoms with Gasteiger partial charge in [0.2, 0.25) is 5.75 Å². The van der Waals surface area contributed by atoms with Gasteiger partial charge in [-0.15, -0.1) is 0 Å². The largest absolute Gasteiger partial charge is 0.493 e. The fraction of sp³-hybridized carbons (Fsp3) is 0.625. The van der Waals surface area contributed by atoms with Crippen LogP contribution in [-0.2, 0) is 0 Å². The van der Waals surface area contributed by atoms with Gasteiger partial charge in [0.1, 0.15) is 5.60 Å². The van der Waals surface area contributed by atoms with Crippen molar-refractivity contribution in [3.05, 3.63) is 18.2 Å². The maximum atomic E-state index is 6.23. The molecule has 0 aliphatic heterocycles. The summed E-state index contributed by atoms with van der Waals surface area (Å²) >= 11 is 0. The van der Waals surface area contributed by atoms with E-state index in [1.165, 1.54) is 0 Å². The molecule has 0 saturated heterocycles. The van der Waals surface area contributed by atoms with Crippen molar-refractivity contribution < 1.29 is 14.2 Å². The average molecular weight is 281 g/mol. The van der Waals surface area contributed by atoms with Gasteiger partial charge in [0.15, 0.2) is 11.5 Å². The molecular weight excluding hydrogens is 254 g/mol. The molecule has 0 fully saturated rings. The van der Waals surface area contributed by atoms with Crippen molar-refractivity contribution in [2.24, 2.45) is 0 Å².